The Kier molecular flexibility index (Phi) is 1.62. The number of benzene rings is 1. The zero-order valence-electron chi connectivity index (χ0n) is 9.93. The topological polar surface area (TPSA) is 42.1 Å². The van der Waals surface area contributed by atoms with E-state index in [1.165, 1.54) is 6.07 Å². The van der Waals surface area contributed by atoms with Gasteiger partial charge in [-0.1, -0.05) is 0 Å². The van der Waals surface area contributed by atoms with Crippen molar-refractivity contribution in [1.82, 2.24) is 4.98 Å². The van der Waals surface area contributed by atoms with Gasteiger partial charge in [0.05, 0.1) is 24.9 Å². The molecule has 2 aromatic rings. The van der Waals surface area contributed by atoms with Crippen LogP contribution in [0.3, 0.4) is 0 Å². The summed E-state index contributed by atoms with van der Waals surface area (Å²) in [6, 6.07) is 3.08. The number of fused-ring (bicyclic) bond motifs is 3. The first-order valence-electron chi connectivity index (χ1n) is 5.61. The number of aromatic nitrogens is 1. The molecule has 16 heavy (non-hydrogen) atoms. The lowest BCUT2D eigenvalue weighted by atomic mass is 10.1. The Morgan fingerprint density at radius 3 is 3.19 bits per heavy atom. The molecule has 0 aliphatic carbocycles. The van der Waals surface area contributed by atoms with Gasteiger partial charge in [-0.3, -0.25) is 4.79 Å². The maximum atomic E-state index is 13.9. The van der Waals surface area contributed by atoms with Crippen molar-refractivity contribution in [2.45, 2.75) is 6.42 Å². The summed E-state index contributed by atoms with van der Waals surface area (Å²) in [6.45, 7) is -1.92. The highest BCUT2D eigenvalue weighted by molar-refractivity contribution is 9.10. The molecule has 0 radical (unpaired) electrons. The predicted octanol–water partition coefficient (Wildman–Crippen LogP) is 2.36. The van der Waals surface area contributed by atoms with Crippen LogP contribution in [0.2, 0.25) is 0 Å². The number of ether oxygens (including phenoxy) is 1. The summed E-state index contributed by atoms with van der Waals surface area (Å²) in [5.74, 6) is -0.464. The molecule has 5 heteroatoms. The molecular formula is C11H7BrFNO2. The molecule has 0 unspecified atom stereocenters. The van der Waals surface area contributed by atoms with Crippen LogP contribution in [0.1, 0.15) is 8.30 Å². The van der Waals surface area contributed by atoms with Crippen LogP contribution in [-0.4, -0.2) is 11.5 Å². The van der Waals surface area contributed by atoms with Gasteiger partial charge >= 0.3 is 0 Å². The first-order valence-corrected chi connectivity index (χ1v) is 5.40. The van der Waals surface area contributed by atoms with Crippen molar-refractivity contribution >= 4 is 26.8 Å². The molecule has 0 saturated heterocycles. The van der Waals surface area contributed by atoms with Crippen LogP contribution in [0.25, 0.3) is 10.9 Å². The molecule has 0 atom stereocenters. The Balaban J connectivity index is 2.43. The molecule has 82 valence electrons. The smallest absolute Gasteiger partial charge is 0.255 e. The molecule has 0 amide bonds. The minimum atomic E-state index is -1.92. The molecule has 0 bridgehead atoms. The number of hydrogen-bond acceptors (Lipinski definition) is 2. The lowest BCUT2D eigenvalue weighted by Gasteiger charge is -2.06. The minimum Gasteiger partial charge on any atom is -0.492 e. The van der Waals surface area contributed by atoms with Crippen LogP contribution in [0, 0.1) is 5.82 Å². The highest BCUT2D eigenvalue weighted by atomic mass is 79.9. The zero-order chi connectivity index (χ0) is 13.1. The fourth-order valence-corrected chi connectivity index (χ4v) is 2.10. The largest absolute Gasteiger partial charge is 0.492 e. The van der Waals surface area contributed by atoms with Crippen LogP contribution < -0.4 is 10.3 Å². The third-order valence-electron chi connectivity index (χ3n) is 2.55. The molecule has 0 spiro atoms. The van der Waals surface area contributed by atoms with Crippen molar-refractivity contribution in [3.63, 3.8) is 0 Å². The van der Waals surface area contributed by atoms with Crippen molar-refractivity contribution in [2.24, 2.45) is 0 Å². The van der Waals surface area contributed by atoms with Crippen LogP contribution in [0.5, 0.6) is 5.75 Å². The average Bonchev–Trinajstić information content (AvgIpc) is 2.61. The van der Waals surface area contributed by atoms with Crippen molar-refractivity contribution in [3.05, 3.63) is 38.3 Å². The number of rotatable bonds is 0. The summed E-state index contributed by atoms with van der Waals surface area (Å²) in [7, 11) is 0. The van der Waals surface area contributed by atoms with Gasteiger partial charge < -0.3 is 9.72 Å². The highest BCUT2D eigenvalue weighted by Crippen LogP contribution is 2.33. The average molecular weight is 286 g/mol. The SMILES string of the molecule is [2H]C1([2H])Cc2c(c3ccc(Br)c(F)c3[nH]c2=O)O1. The predicted molar refractivity (Wildman–Crippen MR) is 61.4 cm³/mol. The zero-order valence-corrected chi connectivity index (χ0v) is 9.52. The van der Waals surface area contributed by atoms with Gasteiger partial charge in [0.2, 0.25) is 0 Å². The molecule has 1 aliphatic heterocycles. The number of pyridine rings is 1. The lowest BCUT2D eigenvalue weighted by molar-refractivity contribution is 0.360. The Labute approximate surface area is 101 Å². The van der Waals surface area contributed by atoms with Crippen LogP contribution >= 0.6 is 15.9 Å². The second-order valence-electron chi connectivity index (χ2n) is 3.47. The van der Waals surface area contributed by atoms with Gasteiger partial charge in [-0.2, -0.15) is 0 Å². The van der Waals surface area contributed by atoms with Gasteiger partial charge in [0.1, 0.15) is 5.75 Å². The van der Waals surface area contributed by atoms with Gasteiger partial charge in [-0.05, 0) is 28.1 Å². The monoisotopic (exact) mass is 285 g/mol. The number of aromatic amines is 1. The fourth-order valence-electron chi connectivity index (χ4n) is 1.77. The van der Waals surface area contributed by atoms with Gasteiger partial charge in [0.25, 0.3) is 5.56 Å². The molecular weight excluding hydrogens is 277 g/mol. The highest BCUT2D eigenvalue weighted by Gasteiger charge is 2.21. The van der Waals surface area contributed by atoms with E-state index in [-0.39, 0.29) is 27.7 Å². The van der Waals surface area contributed by atoms with Gasteiger partial charge in [-0.15, -0.1) is 0 Å². The van der Waals surface area contributed by atoms with E-state index in [2.05, 4.69) is 20.9 Å². The summed E-state index contributed by atoms with van der Waals surface area (Å²) < 4.78 is 34.3. The second kappa shape index (κ2) is 3.31. The summed E-state index contributed by atoms with van der Waals surface area (Å²) in [5, 5.41) is 0.367. The number of halogens is 2. The number of H-pyrrole nitrogens is 1. The normalized spacial score (nSPS) is 18.9. The molecule has 0 fully saturated rings. The van der Waals surface area contributed by atoms with E-state index in [1.54, 1.807) is 6.07 Å². The Hall–Kier alpha value is -1.36. The Morgan fingerprint density at radius 2 is 2.38 bits per heavy atom. The second-order valence-corrected chi connectivity index (χ2v) is 4.32. The maximum Gasteiger partial charge on any atom is 0.255 e. The quantitative estimate of drug-likeness (QED) is 0.807. The third kappa shape index (κ3) is 1.21. The summed E-state index contributed by atoms with van der Waals surface area (Å²) >= 11 is 3.03. The van der Waals surface area contributed by atoms with Crippen LogP contribution in [-0.2, 0) is 6.42 Å². The Bertz CT molecular complexity index is 729. The number of nitrogens with one attached hydrogen (secondary N) is 1. The van der Waals surface area contributed by atoms with Crippen molar-refractivity contribution < 1.29 is 11.9 Å². The van der Waals surface area contributed by atoms with E-state index in [0.29, 0.717) is 5.39 Å². The molecule has 0 saturated carbocycles. The van der Waals surface area contributed by atoms with Gasteiger partial charge in [0.15, 0.2) is 5.82 Å². The summed E-state index contributed by atoms with van der Waals surface area (Å²) in [4.78, 5) is 14.2. The summed E-state index contributed by atoms with van der Waals surface area (Å²) in [5.41, 5.74) is -0.282. The van der Waals surface area contributed by atoms with Gasteiger partial charge in [0, 0.05) is 11.8 Å². The van der Waals surface area contributed by atoms with Gasteiger partial charge in [-0.25, -0.2) is 4.39 Å². The Morgan fingerprint density at radius 1 is 1.56 bits per heavy atom. The molecule has 3 nitrogen and oxygen atoms in total. The van der Waals surface area contributed by atoms with E-state index < -0.39 is 17.9 Å². The van der Waals surface area contributed by atoms with Crippen LogP contribution in [0.15, 0.2) is 21.4 Å². The van der Waals surface area contributed by atoms with Crippen LogP contribution in [0.4, 0.5) is 4.39 Å². The van der Waals surface area contributed by atoms with E-state index >= 15 is 0 Å². The molecule has 3 rings (SSSR count). The first kappa shape index (κ1) is 7.84. The minimum absolute atomic E-state index is 0.0193. The van der Waals surface area contributed by atoms with Crippen molar-refractivity contribution in [1.29, 1.82) is 0 Å². The maximum absolute atomic E-state index is 13.9. The van der Waals surface area contributed by atoms with E-state index in [1.807, 2.05) is 0 Å². The van der Waals surface area contributed by atoms with E-state index in [9.17, 15) is 9.18 Å². The van der Waals surface area contributed by atoms with E-state index in [0.717, 1.165) is 0 Å². The standard InChI is InChI=1S/C11H7BrFNO2/c12-7-2-1-5-9(8(7)13)14-11(15)6-3-4-16-10(5)6/h1-2H,3-4H2,(H,14,15)/i4D2. The first-order chi connectivity index (χ1) is 8.39. The van der Waals surface area contributed by atoms with Crippen molar-refractivity contribution in [2.75, 3.05) is 6.56 Å². The van der Waals surface area contributed by atoms with Crippen molar-refractivity contribution in [3.8, 4) is 5.75 Å². The van der Waals surface area contributed by atoms with E-state index in [4.69, 9.17) is 7.48 Å². The molecule has 1 aliphatic rings. The molecule has 1 aromatic heterocycles. The third-order valence-corrected chi connectivity index (χ3v) is 3.16. The molecule has 1 N–H and O–H groups in total. The fraction of sp³-hybridized carbons (Fsp3) is 0.182. The molecule has 2 heterocycles. The number of hydrogen-bond donors (Lipinski definition) is 1. The molecule has 1 aromatic carbocycles. The summed E-state index contributed by atoms with van der Waals surface area (Å²) in [6.07, 6.45) is -0.134. The lowest BCUT2D eigenvalue weighted by Crippen LogP contribution is -2.11.